The van der Waals surface area contributed by atoms with E-state index < -0.39 is 0 Å². The molecule has 4 aliphatic heterocycles. The fourth-order valence-corrected chi connectivity index (χ4v) is 7.51. The number of likely N-dealkylation sites (tertiary alicyclic amines) is 1. The first-order chi connectivity index (χ1) is 21.4. The lowest BCUT2D eigenvalue weighted by atomic mass is 9.90. The van der Waals surface area contributed by atoms with Crippen LogP contribution in [0.25, 0.3) is 21.7 Å². The third-order valence-corrected chi connectivity index (χ3v) is 9.85. The van der Waals surface area contributed by atoms with Crippen molar-refractivity contribution in [3.63, 3.8) is 0 Å². The molecule has 0 bridgehead atoms. The monoisotopic (exact) mass is 607 g/mol. The number of fused-ring (bicyclic) bond motifs is 2. The number of allylic oxidation sites excluding steroid dienone is 4. The van der Waals surface area contributed by atoms with Crippen molar-refractivity contribution >= 4 is 28.2 Å². The number of hydrogen-bond acceptors (Lipinski definition) is 9. The van der Waals surface area contributed by atoms with E-state index in [1.54, 1.807) is 11.3 Å². The standard InChI is InChI=1S/C35H41N7OS/c1-22-16-27-30(10-11-38-35(27)31-9-6-23(2)44-31)40-33(22)32-28(36)19-37-18-24-7-8-29(39-34(24)32)25-17-26(21-41(3)20-25)43-15-14-42-12-4-5-13-42/h6-11,17,20,37,40H,4-5,12-16,18-19,21,36H2,1-3H3. The number of hydrogen-bond donors (Lipinski definition) is 3. The minimum absolute atomic E-state index is 0.600. The topological polar surface area (TPSA) is 91.6 Å². The van der Waals surface area contributed by atoms with Crippen molar-refractivity contribution in [3.05, 3.63) is 98.9 Å². The Kier molecular flexibility index (Phi) is 8.01. The first kappa shape index (κ1) is 28.8. The van der Waals surface area contributed by atoms with Crippen LogP contribution in [0.3, 0.4) is 0 Å². The summed E-state index contributed by atoms with van der Waals surface area (Å²) in [7, 11) is 2.09. The van der Waals surface area contributed by atoms with E-state index in [4.69, 9.17) is 20.4 Å². The number of nitrogens with two attached hydrogens (primary N) is 1. The fraction of sp³-hybridized carbons (Fsp3) is 0.371. The molecular formula is C35H41N7OS. The van der Waals surface area contributed by atoms with Crippen molar-refractivity contribution < 1.29 is 4.74 Å². The van der Waals surface area contributed by atoms with Crippen molar-refractivity contribution in [2.45, 2.75) is 39.7 Å². The van der Waals surface area contributed by atoms with E-state index in [1.165, 1.54) is 46.8 Å². The Hall–Kier alpha value is -3.92. The van der Waals surface area contributed by atoms with E-state index in [-0.39, 0.29) is 0 Å². The smallest absolute Gasteiger partial charge is 0.116 e. The zero-order valence-electron chi connectivity index (χ0n) is 25.9. The summed E-state index contributed by atoms with van der Waals surface area (Å²) in [5, 5.41) is 7.28. The number of thiophene rings is 1. The van der Waals surface area contributed by atoms with Gasteiger partial charge >= 0.3 is 0 Å². The molecule has 3 aromatic heterocycles. The minimum atomic E-state index is 0.600. The van der Waals surface area contributed by atoms with Gasteiger partial charge < -0.3 is 26.0 Å². The highest BCUT2D eigenvalue weighted by atomic mass is 32.1. The molecule has 44 heavy (non-hydrogen) atoms. The Morgan fingerprint density at radius 2 is 1.91 bits per heavy atom. The van der Waals surface area contributed by atoms with Gasteiger partial charge in [0.15, 0.2) is 0 Å². The van der Waals surface area contributed by atoms with Crippen LogP contribution >= 0.6 is 11.3 Å². The van der Waals surface area contributed by atoms with Crippen LogP contribution in [0, 0.1) is 6.92 Å². The van der Waals surface area contributed by atoms with E-state index in [0.717, 1.165) is 76.1 Å². The van der Waals surface area contributed by atoms with E-state index in [0.29, 0.717) is 19.7 Å². The number of likely N-dealkylation sites (N-methyl/N-ethyl adjacent to an activating group) is 1. The maximum atomic E-state index is 6.84. The lowest BCUT2D eigenvalue weighted by Crippen LogP contribution is -2.26. The molecule has 228 valence electrons. The zero-order valence-corrected chi connectivity index (χ0v) is 26.7. The van der Waals surface area contributed by atoms with Gasteiger partial charge in [0, 0.05) is 77.7 Å². The van der Waals surface area contributed by atoms with Gasteiger partial charge in [-0.1, -0.05) is 6.07 Å². The molecule has 4 N–H and O–H groups in total. The second-order valence-corrected chi connectivity index (χ2v) is 13.6. The van der Waals surface area contributed by atoms with Gasteiger partial charge in [0.1, 0.15) is 12.4 Å². The van der Waals surface area contributed by atoms with Gasteiger partial charge in [-0.2, -0.15) is 0 Å². The van der Waals surface area contributed by atoms with Gasteiger partial charge in [-0.3, -0.25) is 9.88 Å². The summed E-state index contributed by atoms with van der Waals surface area (Å²) < 4.78 is 6.27. The van der Waals surface area contributed by atoms with Crippen molar-refractivity contribution in [2.24, 2.45) is 5.73 Å². The molecular weight excluding hydrogens is 567 g/mol. The van der Waals surface area contributed by atoms with Gasteiger partial charge in [0.05, 0.1) is 28.5 Å². The maximum absolute atomic E-state index is 6.84. The second kappa shape index (κ2) is 12.2. The van der Waals surface area contributed by atoms with Crippen LogP contribution in [0.15, 0.2) is 71.5 Å². The first-order valence-electron chi connectivity index (χ1n) is 15.6. The SMILES string of the molecule is CC1=C(C2=C(N)CNCc3ccc(C4=CN(C)CC(OCCN5CCCC5)=C4)nc32)Nc2ccnc(-c3ccc(C)s3)c2C1. The number of anilines is 1. The van der Waals surface area contributed by atoms with Crippen molar-refractivity contribution in [1.29, 1.82) is 0 Å². The van der Waals surface area contributed by atoms with Crippen molar-refractivity contribution in [1.82, 2.24) is 25.1 Å². The molecule has 4 aliphatic rings. The lowest BCUT2D eigenvalue weighted by Gasteiger charge is -2.27. The molecule has 0 unspecified atom stereocenters. The highest BCUT2D eigenvalue weighted by Gasteiger charge is 2.28. The summed E-state index contributed by atoms with van der Waals surface area (Å²) in [4.78, 5) is 17.2. The number of rotatable bonds is 7. The van der Waals surface area contributed by atoms with Gasteiger partial charge in [-0.25, -0.2) is 4.98 Å². The first-order valence-corrected chi connectivity index (χ1v) is 16.4. The summed E-state index contributed by atoms with van der Waals surface area (Å²) in [6.45, 7) is 10.5. The van der Waals surface area contributed by atoms with Crippen LogP contribution in [0.4, 0.5) is 5.69 Å². The van der Waals surface area contributed by atoms with Gasteiger partial charge in [-0.15, -0.1) is 11.3 Å². The number of pyridine rings is 2. The van der Waals surface area contributed by atoms with Gasteiger partial charge in [-0.05, 0) is 87.7 Å². The summed E-state index contributed by atoms with van der Waals surface area (Å²) in [5.74, 6) is 0.979. The van der Waals surface area contributed by atoms with E-state index >= 15 is 0 Å². The molecule has 7 rings (SSSR count). The number of ether oxygens (including phenoxy) is 1. The van der Waals surface area contributed by atoms with E-state index in [9.17, 15) is 0 Å². The minimum Gasteiger partial charge on any atom is -0.495 e. The molecule has 1 saturated heterocycles. The number of aromatic nitrogens is 2. The number of aryl methyl sites for hydroxylation is 1. The van der Waals surface area contributed by atoms with Crippen LogP contribution < -0.4 is 16.4 Å². The zero-order chi connectivity index (χ0) is 30.2. The Morgan fingerprint density at radius 1 is 1.05 bits per heavy atom. The van der Waals surface area contributed by atoms with Crippen molar-refractivity contribution in [3.8, 4) is 10.6 Å². The predicted molar refractivity (Wildman–Crippen MR) is 180 cm³/mol. The quantitative estimate of drug-likeness (QED) is 0.324. The summed E-state index contributed by atoms with van der Waals surface area (Å²) in [5.41, 5.74) is 18.3. The van der Waals surface area contributed by atoms with Crippen molar-refractivity contribution in [2.75, 3.05) is 51.7 Å². The Bertz CT molecular complexity index is 1710. The molecule has 0 aliphatic carbocycles. The molecule has 0 radical (unpaired) electrons. The van der Waals surface area contributed by atoms with Crippen LogP contribution in [-0.4, -0.2) is 66.1 Å². The fourth-order valence-electron chi connectivity index (χ4n) is 6.62. The van der Waals surface area contributed by atoms with E-state index in [2.05, 4.69) is 83.9 Å². The lowest BCUT2D eigenvalue weighted by molar-refractivity contribution is 0.157. The highest BCUT2D eigenvalue weighted by molar-refractivity contribution is 7.15. The average Bonchev–Trinajstić information content (AvgIpc) is 3.66. The molecule has 0 spiro atoms. The Labute approximate surface area is 264 Å². The molecule has 3 aromatic rings. The summed E-state index contributed by atoms with van der Waals surface area (Å²) >= 11 is 1.78. The number of nitrogens with zero attached hydrogens (tertiary/aromatic N) is 4. The predicted octanol–water partition coefficient (Wildman–Crippen LogP) is 5.51. The number of nitrogens with one attached hydrogen (secondary N) is 2. The molecule has 9 heteroatoms. The Balaban J connectivity index is 1.20. The molecule has 0 atom stereocenters. The Morgan fingerprint density at radius 3 is 2.73 bits per heavy atom. The third kappa shape index (κ3) is 5.79. The molecule has 0 aromatic carbocycles. The van der Waals surface area contributed by atoms with Crippen LogP contribution in [0.5, 0.6) is 0 Å². The largest absolute Gasteiger partial charge is 0.495 e. The third-order valence-electron chi connectivity index (χ3n) is 8.85. The summed E-state index contributed by atoms with van der Waals surface area (Å²) in [6.07, 6.45) is 9.60. The highest BCUT2D eigenvalue weighted by Crippen LogP contribution is 2.41. The van der Waals surface area contributed by atoms with Crippen LogP contribution in [0.1, 0.15) is 47.2 Å². The van der Waals surface area contributed by atoms with Crippen LogP contribution in [0.2, 0.25) is 0 Å². The van der Waals surface area contributed by atoms with Gasteiger partial charge in [0.25, 0.3) is 0 Å². The second-order valence-electron chi connectivity index (χ2n) is 12.3. The average molecular weight is 608 g/mol. The normalized spacial score (nSPS) is 18.8. The maximum Gasteiger partial charge on any atom is 0.116 e. The van der Waals surface area contributed by atoms with E-state index in [1.807, 2.05) is 6.20 Å². The van der Waals surface area contributed by atoms with Crippen LogP contribution in [-0.2, 0) is 17.7 Å². The molecule has 0 amide bonds. The summed E-state index contributed by atoms with van der Waals surface area (Å²) in [6, 6.07) is 10.7. The molecule has 0 saturated carbocycles. The molecule has 1 fully saturated rings. The molecule has 8 nitrogen and oxygen atoms in total. The molecule has 7 heterocycles. The van der Waals surface area contributed by atoms with Gasteiger partial charge in [0.2, 0.25) is 0 Å².